The molecule has 0 unspecified atom stereocenters. The maximum atomic E-state index is 5.60. The lowest BCUT2D eigenvalue weighted by Crippen LogP contribution is -2.10. The Hall–Kier alpha value is -0.300. The van der Waals surface area contributed by atoms with Crippen molar-refractivity contribution in [2.45, 2.75) is 51.4 Å². The molecule has 0 amide bonds. The largest absolute Gasteiger partial charge is 0.381 e. The summed E-state index contributed by atoms with van der Waals surface area (Å²) in [6, 6.07) is 0. The lowest BCUT2D eigenvalue weighted by molar-refractivity contribution is 0.181. The van der Waals surface area contributed by atoms with E-state index in [0.29, 0.717) is 0 Å². The molecule has 0 radical (unpaired) electrons. The molecule has 1 fully saturated rings. The van der Waals surface area contributed by atoms with Crippen LogP contribution in [-0.4, -0.2) is 13.2 Å². The third kappa shape index (κ3) is 3.64. The van der Waals surface area contributed by atoms with Gasteiger partial charge in [0.15, 0.2) is 0 Å². The van der Waals surface area contributed by atoms with Crippen LogP contribution in [-0.2, 0) is 4.74 Å². The van der Waals surface area contributed by atoms with Gasteiger partial charge in [0.25, 0.3) is 0 Å². The summed E-state index contributed by atoms with van der Waals surface area (Å²) in [6.07, 6.45) is 16.0. The zero-order valence-electron chi connectivity index (χ0n) is 9.79. The van der Waals surface area contributed by atoms with Crippen LogP contribution in [0.25, 0.3) is 0 Å². The van der Waals surface area contributed by atoms with Crippen LogP contribution in [0.4, 0.5) is 0 Å². The van der Waals surface area contributed by atoms with Crippen molar-refractivity contribution in [3.05, 3.63) is 12.2 Å². The van der Waals surface area contributed by atoms with Crippen molar-refractivity contribution in [2.24, 2.45) is 11.8 Å². The van der Waals surface area contributed by atoms with Gasteiger partial charge >= 0.3 is 0 Å². The Morgan fingerprint density at radius 2 is 1.67 bits per heavy atom. The van der Waals surface area contributed by atoms with Crippen molar-refractivity contribution in [3.63, 3.8) is 0 Å². The molecule has 15 heavy (non-hydrogen) atoms. The molecule has 1 saturated heterocycles. The first-order valence-corrected chi connectivity index (χ1v) is 6.71. The van der Waals surface area contributed by atoms with E-state index in [2.05, 4.69) is 12.2 Å². The SMILES string of the molecule is C1=C\[C@H]2COC[C@H]2CCCCCCCC/1. The third-order valence-corrected chi connectivity index (χ3v) is 3.83. The fourth-order valence-corrected chi connectivity index (χ4v) is 2.77. The molecule has 1 heteroatoms. The van der Waals surface area contributed by atoms with Crippen LogP contribution in [0.5, 0.6) is 0 Å². The predicted molar refractivity (Wildman–Crippen MR) is 63.9 cm³/mol. The van der Waals surface area contributed by atoms with E-state index in [1.807, 2.05) is 0 Å². The highest BCUT2D eigenvalue weighted by Crippen LogP contribution is 2.28. The molecule has 0 aromatic rings. The lowest BCUT2D eigenvalue weighted by atomic mass is 9.89. The Bertz CT molecular complexity index is 198. The summed E-state index contributed by atoms with van der Waals surface area (Å²) >= 11 is 0. The molecule has 0 bridgehead atoms. The van der Waals surface area contributed by atoms with Gasteiger partial charge in [-0.2, -0.15) is 0 Å². The van der Waals surface area contributed by atoms with Crippen LogP contribution in [0.15, 0.2) is 12.2 Å². The lowest BCUT2D eigenvalue weighted by Gasteiger charge is -2.14. The number of fused-ring (bicyclic) bond motifs is 1. The number of allylic oxidation sites excluding steroid dienone is 1. The topological polar surface area (TPSA) is 9.23 Å². The molecular weight excluding hydrogens is 184 g/mol. The Morgan fingerprint density at radius 3 is 2.60 bits per heavy atom. The van der Waals surface area contributed by atoms with Crippen molar-refractivity contribution < 1.29 is 4.74 Å². The first-order chi connectivity index (χ1) is 7.47. The van der Waals surface area contributed by atoms with Gasteiger partial charge in [-0.15, -0.1) is 0 Å². The second-order valence-electron chi connectivity index (χ2n) is 5.09. The predicted octanol–water partition coefficient (Wildman–Crippen LogP) is 3.94. The van der Waals surface area contributed by atoms with E-state index in [9.17, 15) is 0 Å². The highest BCUT2D eigenvalue weighted by Gasteiger charge is 2.25. The maximum absolute atomic E-state index is 5.60. The van der Waals surface area contributed by atoms with Crippen LogP contribution in [0.1, 0.15) is 51.4 Å². The second kappa shape index (κ2) is 6.32. The normalized spacial score (nSPS) is 36.3. The molecule has 86 valence electrons. The van der Waals surface area contributed by atoms with Gasteiger partial charge in [-0.25, -0.2) is 0 Å². The van der Waals surface area contributed by atoms with Crippen molar-refractivity contribution in [2.75, 3.05) is 13.2 Å². The summed E-state index contributed by atoms with van der Waals surface area (Å²) in [5.41, 5.74) is 0. The average molecular weight is 208 g/mol. The number of ether oxygens (including phenoxy) is 1. The van der Waals surface area contributed by atoms with E-state index < -0.39 is 0 Å². The smallest absolute Gasteiger partial charge is 0.0532 e. The van der Waals surface area contributed by atoms with E-state index in [4.69, 9.17) is 4.74 Å². The highest BCUT2D eigenvalue weighted by atomic mass is 16.5. The Morgan fingerprint density at radius 1 is 0.867 bits per heavy atom. The molecule has 0 aromatic heterocycles. The Balaban J connectivity index is 1.86. The van der Waals surface area contributed by atoms with Crippen LogP contribution in [0.3, 0.4) is 0 Å². The summed E-state index contributed by atoms with van der Waals surface area (Å²) in [4.78, 5) is 0. The maximum Gasteiger partial charge on any atom is 0.0532 e. The monoisotopic (exact) mass is 208 g/mol. The summed E-state index contributed by atoms with van der Waals surface area (Å²) in [5, 5.41) is 0. The van der Waals surface area contributed by atoms with E-state index in [1.54, 1.807) is 0 Å². The minimum atomic E-state index is 0.726. The van der Waals surface area contributed by atoms with Crippen LogP contribution in [0.2, 0.25) is 0 Å². The van der Waals surface area contributed by atoms with Gasteiger partial charge < -0.3 is 4.74 Å². The number of rotatable bonds is 0. The molecule has 0 N–H and O–H groups in total. The summed E-state index contributed by atoms with van der Waals surface area (Å²) in [7, 11) is 0. The molecule has 2 aliphatic rings. The van der Waals surface area contributed by atoms with Gasteiger partial charge in [0.1, 0.15) is 0 Å². The van der Waals surface area contributed by atoms with Gasteiger partial charge in [-0.3, -0.25) is 0 Å². The van der Waals surface area contributed by atoms with Gasteiger partial charge in [0, 0.05) is 5.92 Å². The minimum absolute atomic E-state index is 0.726. The first kappa shape index (κ1) is 11.2. The first-order valence-electron chi connectivity index (χ1n) is 6.71. The van der Waals surface area contributed by atoms with E-state index in [1.165, 1.54) is 51.4 Å². The minimum Gasteiger partial charge on any atom is -0.381 e. The molecular formula is C14H24O. The molecule has 1 nitrogen and oxygen atoms in total. The van der Waals surface area contributed by atoms with Gasteiger partial charge in [-0.1, -0.05) is 44.3 Å². The number of hydrogen-bond acceptors (Lipinski definition) is 1. The van der Waals surface area contributed by atoms with Crippen LogP contribution < -0.4 is 0 Å². The van der Waals surface area contributed by atoms with Gasteiger partial charge in [-0.05, 0) is 25.2 Å². The molecule has 0 saturated carbocycles. The fraction of sp³-hybridized carbons (Fsp3) is 0.857. The van der Waals surface area contributed by atoms with E-state index in [-0.39, 0.29) is 0 Å². The molecule has 1 aliphatic carbocycles. The van der Waals surface area contributed by atoms with Crippen molar-refractivity contribution >= 4 is 0 Å². The average Bonchev–Trinajstić information content (AvgIpc) is 2.65. The summed E-state index contributed by atoms with van der Waals surface area (Å²) in [5.74, 6) is 1.55. The zero-order chi connectivity index (χ0) is 10.3. The third-order valence-electron chi connectivity index (χ3n) is 3.83. The van der Waals surface area contributed by atoms with Gasteiger partial charge in [0.05, 0.1) is 13.2 Å². The molecule has 1 aliphatic heterocycles. The van der Waals surface area contributed by atoms with Gasteiger partial charge in [0.2, 0.25) is 0 Å². The molecule has 1 heterocycles. The van der Waals surface area contributed by atoms with Crippen molar-refractivity contribution in [1.29, 1.82) is 0 Å². The van der Waals surface area contributed by atoms with E-state index >= 15 is 0 Å². The highest BCUT2D eigenvalue weighted by molar-refractivity contribution is 4.94. The Kier molecular flexibility index (Phi) is 4.72. The quantitative estimate of drug-likeness (QED) is 0.548. The number of hydrogen-bond donors (Lipinski definition) is 0. The van der Waals surface area contributed by atoms with Crippen molar-refractivity contribution in [1.82, 2.24) is 0 Å². The zero-order valence-corrected chi connectivity index (χ0v) is 9.79. The fourth-order valence-electron chi connectivity index (χ4n) is 2.77. The molecule has 2 atom stereocenters. The summed E-state index contributed by atoms with van der Waals surface area (Å²) < 4.78 is 5.60. The molecule has 0 spiro atoms. The molecule has 2 rings (SSSR count). The van der Waals surface area contributed by atoms with Crippen LogP contribution in [0, 0.1) is 11.8 Å². The Labute approximate surface area is 93.9 Å². The van der Waals surface area contributed by atoms with Crippen molar-refractivity contribution in [3.8, 4) is 0 Å². The second-order valence-corrected chi connectivity index (χ2v) is 5.09. The van der Waals surface area contributed by atoms with Crippen LogP contribution >= 0.6 is 0 Å². The summed E-state index contributed by atoms with van der Waals surface area (Å²) in [6.45, 7) is 1.98. The molecule has 0 aromatic carbocycles. The van der Waals surface area contributed by atoms with E-state index in [0.717, 1.165) is 25.0 Å². The standard InChI is InChI=1S/C14H24O/c1-2-4-6-8-10-14-12-15-11-13(14)9-7-5-3-1/h7,9,13-14H,1-6,8,10-12H2/b9-7-/t13-,14+/m0/s1.